The Bertz CT molecular complexity index is 731. The van der Waals surface area contributed by atoms with E-state index in [0.717, 1.165) is 0 Å². The molecule has 0 saturated carbocycles. The fourth-order valence-corrected chi connectivity index (χ4v) is 3.85. The van der Waals surface area contributed by atoms with Crippen LogP contribution < -0.4 is 0 Å². The number of phenolic OH excluding ortho intramolecular Hbond substituents is 5. The largest absolute Gasteiger partial charge is 0.507 e. The average molecular weight is 550 g/mol. The second-order valence-electron chi connectivity index (χ2n) is 3.97. The molecule has 0 aliphatic rings. The molecular weight excluding hydrogens is 544 g/mol. The van der Waals surface area contributed by atoms with Gasteiger partial charge in [-0.3, -0.25) is 0 Å². The smallest absolute Gasteiger partial charge is 0.151 e. The summed E-state index contributed by atoms with van der Waals surface area (Å²) in [6, 6.07) is 1.23. The van der Waals surface area contributed by atoms with Gasteiger partial charge in [0.2, 0.25) is 0 Å². The van der Waals surface area contributed by atoms with Crippen molar-refractivity contribution in [3.63, 3.8) is 0 Å². The summed E-state index contributed by atoms with van der Waals surface area (Å²) in [5, 5.41) is 49.7. The van der Waals surface area contributed by atoms with Gasteiger partial charge in [-0.15, -0.1) is 0 Å². The zero-order valence-electron chi connectivity index (χ0n) is 9.83. The highest BCUT2D eigenvalue weighted by molar-refractivity contribution is 9.11. The van der Waals surface area contributed by atoms with Crippen LogP contribution in [0.15, 0.2) is 24.0 Å². The second kappa shape index (κ2) is 5.86. The highest BCUT2D eigenvalue weighted by atomic mass is 79.9. The molecule has 0 radical (unpaired) electrons. The van der Waals surface area contributed by atoms with Gasteiger partial charge >= 0.3 is 0 Å². The van der Waals surface area contributed by atoms with Gasteiger partial charge in [-0.25, -0.2) is 0 Å². The Morgan fingerprint density at radius 3 is 1.48 bits per heavy atom. The van der Waals surface area contributed by atoms with Gasteiger partial charge in [0.15, 0.2) is 5.75 Å². The van der Waals surface area contributed by atoms with Crippen molar-refractivity contribution in [2.75, 3.05) is 0 Å². The number of hydrogen-bond acceptors (Lipinski definition) is 5. The summed E-state index contributed by atoms with van der Waals surface area (Å²) in [6.07, 6.45) is 0. The van der Waals surface area contributed by atoms with Crippen LogP contribution in [-0.4, -0.2) is 25.5 Å². The van der Waals surface area contributed by atoms with Crippen LogP contribution in [0.2, 0.25) is 0 Å². The summed E-state index contributed by atoms with van der Waals surface area (Å²) in [4.78, 5) is 0. The van der Waals surface area contributed by atoms with Crippen molar-refractivity contribution >= 4 is 63.7 Å². The molecule has 0 atom stereocenters. The molecule has 5 nitrogen and oxygen atoms in total. The van der Waals surface area contributed by atoms with Gasteiger partial charge in [0.25, 0.3) is 0 Å². The number of hydrogen-bond donors (Lipinski definition) is 5. The molecule has 0 aliphatic heterocycles. The summed E-state index contributed by atoms with van der Waals surface area (Å²) in [7, 11) is 0. The minimum Gasteiger partial charge on any atom is -0.507 e. The van der Waals surface area contributed by atoms with Crippen molar-refractivity contribution in [3.05, 3.63) is 24.0 Å². The molecule has 2 aromatic carbocycles. The standard InChI is InChI=1S/C12H6Br4O5/c13-5-2(1-3(17)6(14)11(5)20)4-9(18)7(15)12(21)8(16)10(4)19/h1,17-21H. The fraction of sp³-hybridized carbons (Fsp3) is 0. The highest BCUT2D eigenvalue weighted by Gasteiger charge is 2.25. The molecule has 21 heavy (non-hydrogen) atoms. The molecule has 0 bridgehead atoms. The summed E-state index contributed by atoms with van der Waals surface area (Å²) >= 11 is 12.1. The Kier molecular flexibility index (Phi) is 4.67. The molecule has 0 aliphatic carbocycles. The van der Waals surface area contributed by atoms with Crippen molar-refractivity contribution in [2.24, 2.45) is 0 Å². The molecule has 0 heterocycles. The quantitative estimate of drug-likeness (QED) is 0.347. The van der Waals surface area contributed by atoms with Crippen LogP contribution in [0.5, 0.6) is 28.7 Å². The number of aromatic hydroxyl groups is 5. The van der Waals surface area contributed by atoms with E-state index in [9.17, 15) is 25.5 Å². The first-order valence-electron chi connectivity index (χ1n) is 5.20. The van der Waals surface area contributed by atoms with Crippen LogP contribution in [-0.2, 0) is 0 Å². The van der Waals surface area contributed by atoms with Crippen LogP contribution in [0, 0.1) is 0 Å². The molecule has 5 N–H and O–H groups in total. The third-order valence-electron chi connectivity index (χ3n) is 2.73. The van der Waals surface area contributed by atoms with Gasteiger partial charge < -0.3 is 25.5 Å². The van der Waals surface area contributed by atoms with Crippen LogP contribution in [0.1, 0.15) is 0 Å². The summed E-state index contributed by atoms with van der Waals surface area (Å²) < 4.78 is 0.114. The maximum Gasteiger partial charge on any atom is 0.151 e. The number of rotatable bonds is 1. The van der Waals surface area contributed by atoms with E-state index in [4.69, 9.17) is 0 Å². The van der Waals surface area contributed by atoms with Crippen LogP contribution >= 0.6 is 63.7 Å². The predicted octanol–water partition coefficient (Wildman–Crippen LogP) is 4.93. The fourth-order valence-electron chi connectivity index (χ4n) is 1.70. The summed E-state index contributed by atoms with van der Waals surface area (Å²) in [5.41, 5.74) is 0.0427. The SMILES string of the molecule is Oc1cc(-c2c(O)c(Br)c(O)c(Br)c2O)c(Br)c(O)c1Br. The Morgan fingerprint density at radius 2 is 1.00 bits per heavy atom. The average Bonchev–Trinajstić information content (AvgIpc) is 2.46. The van der Waals surface area contributed by atoms with Crippen LogP contribution in [0.25, 0.3) is 11.1 Å². The monoisotopic (exact) mass is 546 g/mol. The molecule has 0 fully saturated rings. The molecule has 0 spiro atoms. The predicted molar refractivity (Wildman–Crippen MR) is 91.0 cm³/mol. The number of halogens is 4. The van der Waals surface area contributed by atoms with E-state index >= 15 is 0 Å². The van der Waals surface area contributed by atoms with Crippen LogP contribution in [0.3, 0.4) is 0 Å². The molecule has 0 unspecified atom stereocenters. The zero-order valence-corrected chi connectivity index (χ0v) is 16.2. The zero-order chi connectivity index (χ0) is 16.1. The number of phenols is 5. The molecule has 9 heteroatoms. The molecule has 0 saturated heterocycles. The third kappa shape index (κ3) is 2.60. The maximum absolute atomic E-state index is 10.1. The Balaban J connectivity index is 2.93. The van der Waals surface area contributed by atoms with Gasteiger partial charge in [0.1, 0.15) is 36.4 Å². The lowest BCUT2D eigenvalue weighted by Gasteiger charge is -2.15. The van der Waals surface area contributed by atoms with E-state index in [1.54, 1.807) is 0 Å². The summed E-state index contributed by atoms with van der Waals surface area (Å²) in [6.45, 7) is 0. The highest BCUT2D eigenvalue weighted by Crippen LogP contribution is 2.55. The van der Waals surface area contributed by atoms with Crippen molar-refractivity contribution in [1.82, 2.24) is 0 Å². The van der Waals surface area contributed by atoms with Gasteiger partial charge in [-0.2, -0.15) is 0 Å². The van der Waals surface area contributed by atoms with E-state index < -0.39 is 11.5 Å². The van der Waals surface area contributed by atoms with Gasteiger partial charge in [-0.1, -0.05) is 0 Å². The van der Waals surface area contributed by atoms with Gasteiger partial charge in [0.05, 0.1) is 10.0 Å². The first-order chi connectivity index (χ1) is 9.68. The Morgan fingerprint density at radius 1 is 0.571 bits per heavy atom. The molecule has 112 valence electrons. The first kappa shape index (κ1) is 16.7. The normalized spacial score (nSPS) is 10.9. The van der Waals surface area contributed by atoms with Gasteiger partial charge in [-0.05, 0) is 69.8 Å². The molecule has 2 rings (SSSR count). The topological polar surface area (TPSA) is 101 Å². The van der Waals surface area contributed by atoms with Crippen molar-refractivity contribution < 1.29 is 25.5 Å². The minimum absolute atomic E-state index is 0.0454. The van der Waals surface area contributed by atoms with E-state index in [1.165, 1.54) is 6.07 Å². The molecule has 2 aromatic rings. The Hall–Kier alpha value is -0.640. The molecule has 0 aromatic heterocycles. The van der Waals surface area contributed by atoms with Gasteiger partial charge in [0, 0.05) is 5.56 Å². The Labute approximate surface area is 152 Å². The van der Waals surface area contributed by atoms with Crippen molar-refractivity contribution in [2.45, 2.75) is 0 Å². The first-order valence-corrected chi connectivity index (χ1v) is 8.37. The minimum atomic E-state index is -0.449. The van der Waals surface area contributed by atoms with Crippen molar-refractivity contribution in [3.8, 4) is 39.9 Å². The van der Waals surface area contributed by atoms with E-state index in [2.05, 4.69) is 63.7 Å². The maximum atomic E-state index is 10.1. The lowest BCUT2D eigenvalue weighted by Crippen LogP contribution is -1.88. The van der Waals surface area contributed by atoms with E-state index in [1.807, 2.05) is 0 Å². The molecular formula is C12H6Br4O5. The molecule has 0 amide bonds. The third-order valence-corrected chi connectivity index (χ3v) is 5.82. The number of benzene rings is 2. The lowest BCUT2D eigenvalue weighted by atomic mass is 10.0. The van der Waals surface area contributed by atoms with E-state index in [0.29, 0.717) is 0 Å². The van der Waals surface area contributed by atoms with Crippen molar-refractivity contribution in [1.29, 1.82) is 0 Å². The summed E-state index contributed by atoms with van der Waals surface area (Å²) in [5.74, 6) is -1.87. The second-order valence-corrected chi connectivity index (χ2v) is 7.14. The van der Waals surface area contributed by atoms with E-state index in [-0.39, 0.29) is 46.3 Å². The van der Waals surface area contributed by atoms with Crippen LogP contribution in [0.4, 0.5) is 0 Å². The lowest BCUT2D eigenvalue weighted by molar-refractivity contribution is 0.421.